The average molecular weight is 162 g/mol. The summed E-state index contributed by atoms with van der Waals surface area (Å²) in [6.07, 6.45) is 0. The Morgan fingerprint density at radius 3 is 1.56 bits per heavy atom. The van der Waals surface area contributed by atoms with Gasteiger partial charge in [0.1, 0.15) is 6.54 Å². The van der Waals surface area contributed by atoms with Crippen LogP contribution in [0.5, 0.6) is 0 Å². The summed E-state index contributed by atoms with van der Waals surface area (Å²) in [7, 11) is 6.16. The monoisotopic (exact) mass is 162 g/mol. The molecule has 0 aliphatic carbocycles. The summed E-state index contributed by atoms with van der Waals surface area (Å²) in [6, 6.07) is 0. The number of aliphatic hydroxyl groups excluding tert-OH is 1. The van der Waals surface area contributed by atoms with E-state index in [-0.39, 0.29) is 46.1 Å². The fourth-order valence-electron chi connectivity index (χ4n) is 0.300. The summed E-state index contributed by atoms with van der Waals surface area (Å²) in [4.78, 5) is 0. The molecule has 0 heterocycles. The van der Waals surface area contributed by atoms with Gasteiger partial charge in [-0.2, -0.15) is 9.90 Å². The molecular weight excluding hydrogens is 144 g/mol. The molecule has 0 fully saturated rings. The number of quaternary nitrogens is 1. The van der Waals surface area contributed by atoms with Gasteiger partial charge in [0.25, 0.3) is 0 Å². The molecule has 0 saturated heterocycles. The second-order valence-electron chi connectivity index (χ2n) is 2.74. The fourth-order valence-corrected chi connectivity index (χ4v) is 0.300. The van der Waals surface area contributed by atoms with Crippen LogP contribution < -0.4 is 0 Å². The van der Waals surface area contributed by atoms with Gasteiger partial charge in [0.05, 0.1) is 27.7 Å². The van der Waals surface area contributed by atoms with Crippen molar-refractivity contribution in [3.05, 3.63) is 0 Å². The van der Waals surface area contributed by atoms with Crippen LogP contribution in [0.15, 0.2) is 0 Å². The molecule has 0 saturated carbocycles. The second-order valence-corrected chi connectivity index (χ2v) is 2.74. The average Bonchev–Trinajstić information content (AvgIpc) is 1.30. The van der Waals surface area contributed by atoms with E-state index in [1.54, 1.807) is 0 Å². The molecule has 0 amide bonds. The van der Waals surface area contributed by atoms with Crippen molar-refractivity contribution in [2.24, 2.45) is 0 Å². The summed E-state index contributed by atoms with van der Waals surface area (Å²) >= 11 is 0. The van der Waals surface area contributed by atoms with E-state index >= 15 is 0 Å². The van der Waals surface area contributed by atoms with E-state index in [4.69, 9.17) is 5.11 Å². The number of rotatable bonds is 2. The Bertz CT molecular complexity index is 55.4. The Balaban J connectivity index is -0.000000180. The third-order valence-electron chi connectivity index (χ3n) is 0.771. The topological polar surface area (TPSA) is 20.2 Å². The summed E-state index contributed by atoms with van der Waals surface area (Å²) in [5.74, 6) is 0. The molecule has 9 heavy (non-hydrogen) atoms. The Morgan fingerprint density at radius 2 is 1.56 bits per heavy atom. The van der Waals surface area contributed by atoms with Gasteiger partial charge in [0.2, 0.25) is 0 Å². The predicted octanol–water partition coefficient (Wildman–Crippen LogP) is -0.905. The SMILES string of the molecule is C[N+](C)(C)CCO.P.[NaH]. The number of hydrogen-bond donors (Lipinski definition) is 1. The van der Waals surface area contributed by atoms with Crippen LogP contribution in [0.25, 0.3) is 0 Å². The van der Waals surface area contributed by atoms with E-state index in [1.165, 1.54) is 0 Å². The first-order chi connectivity index (χ1) is 3.06. The van der Waals surface area contributed by atoms with Gasteiger partial charge in [-0.25, -0.2) is 0 Å². The molecule has 1 N–H and O–H groups in total. The van der Waals surface area contributed by atoms with E-state index in [0.717, 1.165) is 11.0 Å². The number of nitrogens with zero attached hydrogens (tertiary/aromatic N) is 1. The van der Waals surface area contributed by atoms with Crippen LogP contribution in [-0.4, -0.2) is 73.4 Å². The Morgan fingerprint density at radius 1 is 1.22 bits per heavy atom. The van der Waals surface area contributed by atoms with Gasteiger partial charge in [0, 0.05) is 0 Å². The van der Waals surface area contributed by atoms with Crippen molar-refractivity contribution in [3.63, 3.8) is 0 Å². The fraction of sp³-hybridized carbons (Fsp3) is 1.00. The Hall–Kier alpha value is 1.35. The van der Waals surface area contributed by atoms with Crippen molar-refractivity contribution >= 4 is 39.5 Å². The van der Waals surface area contributed by atoms with Crippen molar-refractivity contribution in [1.29, 1.82) is 0 Å². The minimum atomic E-state index is 0. The minimum absolute atomic E-state index is 0. The molecule has 4 heteroatoms. The van der Waals surface area contributed by atoms with Crippen LogP contribution in [-0.2, 0) is 0 Å². The van der Waals surface area contributed by atoms with Crippen molar-refractivity contribution in [3.8, 4) is 0 Å². The quantitative estimate of drug-likeness (QED) is 0.317. The van der Waals surface area contributed by atoms with Crippen molar-refractivity contribution in [1.82, 2.24) is 0 Å². The summed E-state index contributed by atoms with van der Waals surface area (Å²) < 4.78 is 0.844. The second kappa shape index (κ2) is 7.46. The zero-order valence-electron chi connectivity index (χ0n) is 6.02. The van der Waals surface area contributed by atoms with Crippen molar-refractivity contribution in [2.45, 2.75) is 0 Å². The third-order valence-corrected chi connectivity index (χ3v) is 0.771. The maximum absolute atomic E-state index is 8.39. The van der Waals surface area contributed by atoms with Gasteiger partial charge < -0.3 is 9.59 Å². The van der Waals surface area contributed by atoms with Gasteiger partial charge in [-0.1, -0.05) is 0 Å². The standard InChI is InChI=1S/C5H14NO.Na.H3P.H/c1-6(2,3)4-5-7;;;/h7H,4-5H2,1-3H3;;1H3;/q+1;;;. The molecule has 0 aromatic rings. The van der Waals surface area contributed by atoms with E-state index in [0.29, 0.717) is 0 Å². The molecule has 0 aromatic carbocycles. The third kappa shape index (κ3) is 17.6. The van der Waals surface area contributed by atoms with E-state index < -0.39 is 0 Å². The van der Waals surface area contributed by atoms with Gasteiger partial charge >= 0.3 is 29.6 Å². The number of likely N-dealkylation sites (N-methyl/N-ethyl adjacent to an activating group) is 1. The predicted molar refractivity (Wildman–Crippen MR) is 48.2 cm³/mol. The molecule has 2 nitrogen and oxygen atoms in total. The van der Waals surface area contributed by atoms with Crippen LogP contribution in [0.2, 0.25) is 0 Å². The van der Waals surface area contributed by atoms with Crippen molar-refractivity contribution in [2.75, 3.05) is 34.3 Å². The summed E-state index contributed by atoms with van der Waals surface area (Å²) in [5.41, 5.74) is 0. The number of hydrogen-bond acceptors (Lipinski definition) is 1. The molecular formula is C5H18NNaOP+. The summed E-state index contributed by atoms with van der Waals surface area (Å²) in [5, 5.41) is 8.39. The summed E-state index contributed by atoms with van der Waals surface area (Å²) in [6.45, 7) is 1.11. The van der Waals surface area contributed by atoms with E-state index in [9.17, 15) is 0 Å². The molecule has 0 aromatic heterocycles. The van der Waals surface area contributed by atoms with Crippen LogP contribution >= 0.6 is 9.90 Å². The van der Waals surface area contributed by atoms with Crippen LogP contribution in [0, 0.1) is 0 Å². The van der Waals surface area contributed by atoms with Gasteiger partial charge in [-0.3, -0.25) is 0 Å². The molecule has 0 bridgehead atoms. The van der Waals surface area contributed by atoms with Gasteiger partial charge in [-0.05, 0) is 0 Å². The molecule has 0 radical (unpaired) electrons. The van der Waals surface area contributed by atoms with Gasteiger partial charge in [0.15, 0.2) is 0 Å². The van der Waals surface area contributed by atoms with Crippen LogP contribution in [0.1, 0.15) is 0 Å². The number of aliphatic hydroxyl groups is 1. The molecule has 0 aliphatic rings. The Kier molecular flexibility index (Phi) is 13.9. The molecule has 0 rings (SSSR count). The molecule has 54 valence electrons. The van der Waals surface area contributed by atoms with E-state index in [1.807, 2.05) is 0 Å². The molecule has 1 atom stereocenters. The first-order valence-electron chi connectivity index (χ1n) is 2.47. The molecule has 1 unspecified atom stereocenters. The first-order valence-corrected chi connectivity index (χ1v) is 2.47. The Labute approximate surface area is 83.1 Å². The zero-order chi connectivity index (χ0) is 5.91. The van der Waals surface area contributed by atoms with Crippen molar-refractivity contribution < 1.29 is 9.59 Å². The van der Waals surface area contributed by atoms with Crippen LogP contribution in [0.3, 0.4) is 0 Å². The maximum atomic E-state index is 8.39. The van der Waals surface area contributed by atoms with Crippen LogP contribution in [0.4, 0.5) is 0 Å². The molecule has 0 spiro atoms. The first kappa shape index (κ1) is 16.7. The molecule has 0 aliphatic heterocycles. The van der Waals surface area contributed by atoms with Gasteiger partial charge in [-0.15, -0.1) is 0 Å². The zero-order valence-corrected chi connectivity index (χ0v) is 7.43. The normalized spacial score (nSPS) is 9.33. The van der Waals surface area contributed by atoms with E-state index in [2.05, 4.69) is 21.1 Å².